The second kappa shape index (κ2) is 8.20. The number of anilines is 3. The van der Waals surface area contributed by atoms with Crippen molar-refractivity contribution in [2.45, 2.75) is 24.9 Å². The van der Waals surface area contributed by atoms with Crippen molar-refractivity contribution in [3.63, 3.8) is 0 Å². The monoisotopic (exact) mass is 534 g/mol. The third kappa shape index (κ3) is 4.33. The Hall–Kier alpha value is -4.10. The highest BCUT2D eigenvalue weighted by Gasteiger charge is 2.61. The fraction of sp³-hybridized carbons (Fsp3) is 0.333. The molecule has 1 saturated carbocycles. The molecule has 1 spiro atoms. The quantitative estimate of drug-likeness (QED) is 0.333. The lowest BCUT2D eigenvalue weighted by Gasteiger charge is -2.59. The molecule has 1 saturated heterocycles. The summed E-state index contributed by atoms with van der Waals surface area (Å²) in [4.78, 5) is 10.8. The number of aromatic amines is 1. The van der Waals surface area contributed by atoms with Crippen molar-refractivity contribution in [1.29, 1.82) is 0 Å². The van der Waals surface area contributed by atoms with E-state index in [0.717, 1.165) is 12.1 Å². The first-order chi connectivity index (χ1) is 17.9. The van der Waals surface area contributed by atoms with Crippen LogP contribution in [0.25, 0.3) is 22.6 Å². The Balaban J connectivity index is 1.13. The van der Waals surface area contributed by atoms with Gasteiger partial charge in [-0.25, -0.2) is 22.8 Å². The number of nitrogens with zero attached hydrogens (tertiary/aromatic N) is 6. The summed E-state index contributed by atoms with van der Waals surface area (Å²) in [7, 11) is 1.64. The summed E-state index contributed by atoms with van der Waals surface area (Å²) in [5, 5.41) is 12.7. The van der Waals surface area contributed by atoms with Crippen LogP contribution in [0.2, 0.25) is 0 Å². The molecule has 2 aliphatic rings. The molecule has 1 aromatic carbocycles. The van der Waals surface area contributed by atoms with Crippen LogP contribution in [0.4, 0.5) is 43.8 Å². The topological polar surface area (TPSA) is 87.5 Å². The lowest BCUT2D eigenvalue weighted by Crippen LogP contribution is -2.66. The number of hydrogen-bond acceptors (Lipinski definition) is 6. The van der Waals surface area contributed by atoms with Crippen LogP contribution in [0.15, 0.2) is 42.6 Å². The Bertz CT molecular complexity index is 1490. The fourth-order valence-corrected chi connectivity index (χ4v) is 5.05. The molecule has 38 heavy (non-hydrogen) atoms. The minimum atomic E-state index is -4.61. The number of alkyl halides is 5. The zero-order chi connectivity index (χ0) is 26.9. The summed E-state index contributed by atoms with van der Waals surface area (Å²) in [6.07, 6.45) is -3.16. The molecule has 2 N–H and O–H groups in total. The molecule has 0 amide bonds. The number of rotatable bonds is 5. The number of aryl methyl sites for hydroxylation is 1. The standard InChI is InChI=1S/C24H20F6N8/c1-37-21(32-14-3-4-15(16(25)6-14)17-7-18(35-34-17)24(28,29)30)33-20(36-37)13-2-5-19(31-8-13)38-11-22(12-38)9-23(26,27)10-22/h2-8H,9-12H2,1H3,(H,34,35)(H,32,33,36). The van der Waals surface area contributed by atoms with Crippen molar-refractivity contribution in [2.75, 3.05) is 23.3 Å². The van der Waals surface area contributed by atoms with E-state index in [1.165, 1.54) is 16.8 Å². The number of hydrogen-bond donors (Lipinski definition) is 2. The average Bonchev–Trinajstić information content (AvgIpc) is 3.43. The van der Waals surface area contributed by atoms with Gasteiger partial charge in [-0.3, -0.25) is 5.10 Å². The summed E-state index contributed by atoms with van der Waals surface area (Å²) in [5.41, 5.74) is -0.692. The molecule has 2 fully saturated rings. The van der Waals surface area contributed by atoms with E-state index in [1.54, 1.807) is 25.4 Å². The van der Waals surface area contributed by atoms with Crippen LogP contribution < -0.4 is 10.2 Å². The van der Waals surface area contributed by atoms with E-state index in [4.69, 9.17) is 0 Å². The SMILES string of the molecule is Cn1nc(-c2ccc(N3CC4(C3)CC(F)(F)C4)nc2)nc1Nc1ccc(-c2cc(C(F)(F)F)[nH]n2)c(F)c1. The first kappa shape index (κ1) is 24.2. The predicted molar refractivity (Wildman–Crippen MR) is 125 cm³/mol. The van der Waals surface area contributed by atoms with E-state index >= 15 is 0 Å². The lowest BCUT2D eigenvalue weighted by molar-refractivity contribution is -0.170. The van der Waals surface area contributed by atoms with Gasteiger partial charge < -0.3 is 10.2 Å². The van der Waals surface area contributed by atoms with Gasteiger partial charge >= 0.3 is 6.18 Å². The molecule has 0 bridgehead atoms. The van der Waals surface area contributed by atoms with Crippen LogP contribution in [-0.2, 0) is 13.2 Å². The Labute approximate surface area is 211 Å². The van der Waals surface area contributed by atoms with Crippen molar-refractivity contribution in [3.8, 4) is 22.6 Å². The van der Waals surface area contributed by atoms with Crippen molar-refractivity contribution >= 4 is 17.5 Å². The molecule has 8 nitrogen and oxygen atoms in total. The summed E-state index contributed by atoms with van der Waals surface area (Å²) in [6.45, 7) is 1.12. The average molecular weight is 534 g/mol. The van der Waals surface area contributed by atoms with Crippen LogP contribution in [0.5, 0.6) is 0 Å². The largest absolute Gasteiger partial charge is 0.432 e. The molecule has 198 valence electrons. The van der Waals surface area contributed by atoms with Gasteiger partial charge in [0.05, 0.1) is 5.69 Å². The lowest BCUT2D eigenvalue weighted by atomic mass is 9.61. The zero-order valence-electron chi connectivity index (χ0n) is 19.8. The first-order valence-corrected chi connectivity index (χ1v) is 11.6. The molecule has 1 aliphatic heterocycles. The zero-order valence-corrected chi connectivity index (χ0v) is 19.8. The number of nitrogens with one attached hydrogen (secondary N) is 2. The third-order valence-corrected chi connectivity index (χ3v) is 6.80. The highest BCUT2D eigenvalue weighted by molar-refractivity contribution is 5.66. The molecule has 0 radical (unpaired) electrons. The van der Waals surface area contributed by atoms with E-state index in [1.807, 2.05) is 10.00 Å². The van der Waals surface area contributed by atoms with E-state index in [9.17, 15) is 26.3 Å². The van der Waals surface area contributed by atoms with Gasteiger partial charge in [-0.1, -0.05) is 0 Å². The molecule has 3 aromatic heterocycles. The minimum absolute atomic E-state index is 0.0726. The summed E-state index contributed by atoms with van der Waals surface area (Å²) < 4.78 is 81.0. The molecule has 4 heterocycles. The van der Waals surface area contributed by atoms with Gasteiger partial charge in [0, 0.05) is 61.4 Å². The molecule has 4 aromatic rings. The molecular weight excluding hydrogens is 514 g/mol. The molecule has 0 unspecified atom stereocenters. The highest BCUT2D eigenvalue weighted by atomic mass is 19.4. The number of H-pyrrole nitrogens is 1. The maximum atomic E-state index is 14.7. The summed E-state index contributed by atoms with van der Waals surface area (Å²) in [5.74, 6) is -1.96. The number of halogens is 6. The van der Waals surface area contributed by atoms with Crippen LogP contribution in [0.3, 0.4) is 0 Å². The third-order valence-electron chi connectivity index (χ3n) is 6.80. The van der Waals surface area contributed by atoms with E-state index in [0.29, 0.717) is 41.9 Å². The van der Waals surface area contributed by atoms with Crippen LogP contribution in [0.1, 0.15) is 18.5 Å². The second-order valence-electron chi connectivity index (χ2n) is 9.84. The number of aromatic nitrogens is 6. The fourth-order valence-electron chi connectivity index (χ4n) is 5.05. The smallest absolute Gasteiger partial charge is 0.355 e. The van der Waals surface area contributed by atoms with E-state index in [-0.39, 0.29) is 29.5 Å². The van der Waals surface area contributed by atoms with Crippen molar-refractivity contribution in [3.05, 3.63) is 54.1 Å². The number of benzene rings is 1. The van der Waals surface area contributed by atoms with Crippen LogP contribution in [0, 0.1) is 11.2 Å². The van der Waals surface area contributed by atoms with Gasteiger partial charge in [0.25, 0.3) is 0 Å². The van der Waals surface area contributed by atoms with E-state index in [2.05, 4.69) is 25.5 Å². The highest BCUT2D eigenvalue weighted by Crippen LogP contribution is 2.57. The molecule has 1 aliphatic carbocycles. The number of pyridine rings is 1. The normalized spacial score (nSPS) is 17.8. The van der Waals surface area contributed by atoms with Crippen LogP contribution >= 0.6 is 0 Å². The maximum Gasteiger partial charge on any atom is 0.432 e. The Kier molecular flexibility index (Phi) is 5.23. The van der Waals surface area contributed by atoms with Crippen LogP contribution in [-0.4, -0.2) is 49.0 Å². The molecule has 6 rings (SSSR count). The van der Waals surface area contributed by atoms with Crippen molar-refractivity contribution in [2.24, 2.45) is 12.5 Å². The van der Waals surface area contributed by atoms with Gasteiger partial charge in [0.2, 0.25) is 11.9 Å². The maximum absolute atomic E-state index is 14.7. The van der Waals surface area contributed by atoms with Gasteiger partial charge in [0.15, 0.2) is 5.82 Å². The molecular formula is C24H20F6N8. The minimum Gasteiger partial charge on any atom is -0.355 e. The van der Waals surface area contributed by atoms with Gasteiger partial charge in [-0.05, 0) is 36.4 Å². The predicted octanol–water partition coefficient (Wildman–Crippen LogP) is 5.40. The van der Waals surface area contributed by atoms with Gasteiger partial charge in [-0.2, -0.15) is 23.3 Å². The second-order valence-corrected chi connectivity index (χ2v) is 9.84. The Morgan fingerprint density at radius 1 is 1.05 bits per heavy atom. The first-order valence-electron chi connectivity index (χ1n) is 11.6. The molecule has 14 heteroatoms. The molecule has 0 atom stereocenters. The summed E-state index contributed by atoms with van der Waals surface area (Å²) >= 11 is 0. The van der Waals surface area contributed by atoms with Gasteiger partial charge in [0.1, 0.15) is 17.3 Å². The van der Waals surface area contributed by atoms with E-state index < -0.39 is 23.6 Å². The Morgan fingerprint density at radius 2 is 1.82 bits per heavy atom. The van der Waals surface area contributed by atoms with Crippen molar-refractivity contribution < 1.29 is 26.3 Å². The van der Waals surface area contributed by atoms with Gasteiger partial charge in [-0.15, -0.1) is 5.10 Å². The Morgan fingerprint density at radius 3 is 2.42 bits per heavy atom. The summed E-state index contributed by atoms with van der Waals surface area (Å²) in [6, 6.07) is 8.25. The van der Waals surface area contributed by atoms with Crippen molar-refractivity contribution in [1.82, 2.24) is 29.9 Å².